The van der Waals surface area contributed by atoms with Gasteiger partial charge in [0.2, 0.25) is 0 Å². The second-order valence-corrected chi connectivity index (χ2v) is 7.88. The van der Waals surface area contributed by atoms with Gasteiger partial charge in [-0.05, 0) is 36.6 Å². The van der Waals surface area contributed by atoms with Crippen LogP contribution in [0.5, 0.6) is 0 Å². The lowest BCUT2D eigenvalue weighted by Gasteiger charge is -2.08. The molecule has 0 aliphatic heterocycles. The minimum absolute atomic E-state index is 0.0550. The van der Waals surface area contributed by atoms with Crippen LogP contribution < -0.4 is 11.5 Å². The second-order valence-electron chi connectivity index (χ2n) is 5.40. The predicted molar refractivity (Wildman–Crippen MR) is 98.4 cm³/mol. The Morgan fingerprint density at radius 2 is 1.76 bits per heavy atom. The van der Waals surface area contributed by atoms with Gasteiger partial charge in [0.15, 0.2) is 15.8 Å². The van der Waals surface area contributed by atoms with Crippen molar-refractivity contribution in [3.8, 4) is 0 Å². The number of amides is 1. The molecule has 25 heavy (non-hydrogen) atoms. The number of hydrogen-bond acceptors (Lipinski definition) is 3. The fraction of sp³-hybridized carbons (Fsp3) is 0.176. The molecule has 2 aromatic rings. The fourth-order valence-electron chi connectivity index (χ4n) is 2.28. The summed E-state index contributed by atoms with van der Waals surface area (Å²) in [5.74, 6) is -1.20. The maximum Gasteiger partial charge on any atom is 0.280 e. The number of hydrogen-bond donors (Lipinski definition) is 2. The Hall–Kier alpha value is -2.38. The van der Waals surface area contributed by atoms with Crippen LogP contribution in [0.2, 0.25) is 5.02 Å². The monoisotopic (exact) mass is 379 g/mol. The number of sulfone groups is 1. The number of nitrogens with two attached hydrogens (primary N) is 2. The highest BCUT2D eigenvalue weighted by molar-refractivity contribution is 7.91. The molecule has 8 heteroatoms. The van der Waals surface area contributed by atoms with Gasteiger partial charge in [0.1, 0.15) is 0 Å². The van der Waals surface area contributed by atoms with E-state index < -0.39 is 21.7 Å². The molecule has 0 saturated carbocycles. The zero-order valence-corrected chi connectivity index (χ0v) is 14.9. The number of guanidine groups is 1. The maximum atomic E-state index is 12.6. The second kappa shape index (κ2) is 8.13. The third-order valence-corrected chi connectivity index (χ3v) is 5.74. The van der Waals surface area contributed by atoms with Crippen molar-refractivity contribution in [2.45, 2.75) is 17.7 Å². The topological polar surface area (TPSA) is 116 Å². The lowest BCUT2D eigenvalue weighted by Crippen LogP contribution is -2.24. The summed E-state index contributed by atoms with van der Waals surface area (Å²) in [6.07, 6.45) is 1.07. The summed E-state index contributed by atoms with van der Waals surface area (Å²) in [6.45, 7) is 0. The van der Waals surface area contributed by atoms with Crippen molar-refractivity contribution in [1.29, 1.82) is 0 Å². The number of nitrogens with zero attached hydrogens (tertiary/aromatic N) is 1. The largest absolute Gasteiger partial charge is 0.370 e. The average Bonchev–Trinajstić information content (AvgIpc) is 2.55. The molecule has 2 rings (SSSR count). The SMILES string of the molecule is NC(N)=NC(=O)c1ccc(Cl)c(S(=O)(=O)CCCc2ccccc2)c1. The average molecular weight is 380 g/mol. The molecule has 132 valence electrons. The Morgan fingerprint density at radius 3 is 2.40 bits per heavy atom. The van der Waals surface area contributed by atoms with Crippen molar-refractivity contribution in [2.24, 2.45) is 16.5 Å². The molecule has 0 bridgehead atoms. The maximum absolute atomic E-state index is 12.6. The van der Waals surface area contributed by atoms with E-state index in [9.17, 15) is 13.2 Å². The minimum atomic E-state index is -3.64. The van der Waals surface area contributed by atoms with Gasteiger partial charge in [-0.25, -0.2) is 8.42 Å². The summed E-state index contributed by atoms with van der Waals surface area (Å²) in [4.78, 5) is 15.2. The summed E-state index contributed by atoms with van der Waals surface area (Å²) in [5.41, 5.74) is 11.4. The highest BCUT2D eigenvalue weighted by Gasteiger charge is 2.20. The quantitative estimate of drug-likeness (QED) is 0.589. The normalized spacial score (nSPS) is 11.1. The highest BCUT2D eigenvalue weighted by atomic mass is 35.5. The third kappa shape index (κ3) is 5.30. The van der Waals surface area contributed by atoms with Crippen LogP contribution in [-0.4, -0.2) is 26.0 Å². The van der Waals surface area contributed by atoms with Gasteiger partial charge in [-0.2, -0.15) is 4.99 Å². The van der Waals surface area contributed by atoms with Crippen LogP contribution in [-0.2, 0) is 16.3 Å². The van der Waals surface area contributed by atoms with E-state index in [2.05, 4.69) is 4.99 Å². The summed E-state index contributed by atoms with van der Waals surface area (Å²) in [6, 6.07) is 13.5. The first kappa shape index (κ1) is 19.0. The van der Waals surface area contributed by atoms with Gasteiger partial charge in [-0.15, -0.1) is 0 Å². The lowest BCUT2D eigenvalue weighted by atomic mass is 10.1. The Kier molecular flexibility index (Phi) is 6.17. The zero-order chi connectivity index (χ0) is 18.4. The Labute approximate surface area is 151 Å². The van der Waals surface area contributed by atoms with E-state index in [1.54, 1.807) is 0 Å². The van der Waals surface area contributed by atoms with Gasteiger partial charge in [0.05, 0.1) is 15.7 Å². The molecule has 0 aliphatic rings. The number of aliphatic imine (C=N–C) groups is 1. The number of benzene rings is 2. The van der Waals surface area contributed by atoms with E-state index in [0.29, 0.717) is 12.8 Å². The molecule has 0 radical (unpaired) electrons. The Balaban J connectivity index is 2.17. The third-order valence-electron chi connectivity index (χ3n) is 3.47. The fourth-order valence-corrected chi connectivity index (χ4v) is 4.16. The minimum Gasteiger partial charge on any atom is -0.370 e. The van der Waals surface area contributed by atoms with E-state index in [1.807, 2.05) is 30.3 Å². The van der Waals surface area contributed by atoms with Crippen LogP contribution in [0.3, 0.4) is 0 Å². The molecule has 6 nitrogen and oxygen atoms in total. The van der Waals surface area contributed by atoms with Gasteiger partial charge in [-0.3, -0.25) is 4.79 Å². The molecule has 0 aromatic heterocycles. The molecule has 0 saturated heterocycles. The van der Waals surface area contributed by atoms with Crippen molar-refractivity contribution in [2.75, 3.05) is 5.75 Å². The predicted octanol–water partition coefficient (Wildman–Crippen LogP) is 2.16. The summed E-state index contributed by atoms with van der Waals surface area (Å²) >= 11 is 6.01. The van der Waals surface area contributed by atoms with Crippen LogP contribution in [0, 0.1) is 0 Å². The molecule has 0 aliphatic carbocycles. The molecule has 0 unspecified atom stereocenters. The van der Waals surface area contributed by atoms with Gasteiger partial charge in [0.25, 0.3) is 5.91 Å². The molecule has 0 fully saturated rings. The van der Waals surface area contributed by atoms with Crippen LogP contribution in [0.1, 0.15) is 22.3 Å². The van der Waals surface area contributed by atoms with Crippen molar-refractivity contribution in [3.05, 3.63) is 64.7 Å². The van der Waals surface area contributed by atoms with Gasteiger partial charge >= 0.3 is 0 Å². The Morgan fingerprint density at radius 1 is 1.08 bits per heavy atom. The Bertz CT molecular complexity index is 893. The molecule has 2 aromatic carbocycles. The first-order valence-corrected chi connectivity index (χ1v) is 9.53. The van der Waals surface area contributed by atoms with Crippen molar-refractivity contribution in [3.63, 3.8) is 0 Å². The first-order chi connectivity index (χ1) is 11.8. The van der Waals surface area contributed by atoms with E-state index in [0.717, 1.165) is 5.56 Å². The molecule has 0 atom stereocenters. The van der Waals surface area contributed by atoms with Gasteiger partial charge < -0.3 is 11.5 Å². The van der Waals surface area contributed by atoms with E-state index in [4.69, 9.17) is 23.1 Å². The van der Waals surface area contributed by atoms with E-state index in [-0.39, 0.29) is 21.2 Å². The van der Waals surface area contributed by atoms with Crippen LogP contribution in [0.4, 0.5) is 0 Å². The summed E-state index contributed by atoms with van der Waals surface area (Å²) in [5, 5.41) is 0.0564. The van der Waals surface area contributed by atoms with E-state index >= 15 is 0 Å². The van der Waals surface area contributed by atoms with Gasteiger partial charge in [-0.1, -0.05) is 41.9 Å². The van der Waals surface area contributed by atoms with Crippen LogP contribution in [0.15, 0.2) is 58.4 Å². The highest BCUT2D eigenvalue weighted by Crippen LogP contribution is 2.25. The standard InChI is InChI=1S/C17H18ClN3O3S/c18-14-9-8-13(16(22)21-17(19)20)11-15(14)25(23,24)10-4-7-12-5-2-1-3-6-12/h1-3,5-6,8-9,11H,4,7,10H2,(H4,19,20,21,22). The number of aryl methyl sites for hydroxylation is 1. The van der Waals surface area contributed by atoms with Crippen molar-refractivity contribution in [1.82, 2.24) is 0 Å². The summed E-state index contributed by atoms with van der Waals surface area (Å²) in [7, 11) is -3.64. The van der Waals surface area contributed by atoms with Gasteiger partial charge in [0, 0.05) is 5.56 Å². The van der Waals surface area contributed by atoms with Crippen LogP contribution in [0.25, 0.3) is 0 Å². The summed E-state index contributed by atoms with van der Waals surface area (Å²) < 4.78 is 25.1. The first-order valence-electron chi connectivity index (χ1n) is 7.50. The molecule has 4 N–H and O–H groups in total. The number of rotatable bonds is 6. The van der Waals surface area contributed by atoms with Crippen LogP contribution >= 0.6 is 11.6 Å². The zero-order valence-electron chi connectivity index (χ0n) is 13.4. The molecule has 0 heterocycles. The molecular weight excluding hydrogens is 362 g/mol. The number of carbonyl (C=O) groups excluding carboxylic acids is 1. The molecule has 1 amide bonds. The smallest absolute Gasteiger partial charge is 0.280 e. The number of carbonyl (C=O) groups is 1. The molecule has 0 spiro atoms. The van der Waals surface area contributed by atoms with E-state index in [1.165, 1.54) is 18.2 Å². The lowest BCUT2D eigenvalue weighted by molar-refractivity contribution is 0.100. The van der Waals surface area contributed by atoms with Crippen molar-refractivity contribution < 1.29 is 13.2 Å². The number of halogens is 1. The van der Waals surface area contributed by atoms with Crippen molar-refractivity contribution >= 4 is 33.3 Å². The molecular formula is C17H18ClN3O3S.